The highest BCUT2D eigenvalue weighted by Crippen LogP contribution is 2.27. The molecule has 176 valence electrons. The fourth-order valence-electron chi connectivity index (χ4n) is 3.72. The molecule has 0 aliphatic carbocycles. The smallest absolute Gasteiger partial charge is 0.158 e. The molecule has 0 saturated carbocycles. The van der Waals surface area contributed by atoms with Crippen molar-refractivity contribution in [3.63, 3.8) is 0 Å². The van der Waals surface area contributed by atoms with Gasteiger partial charge in [0.1, 0.15) is 30.2 Å². The Kier molecular flexibility index (Phi) is 6.63. The van der Waals surface area contributed by atoms with Gasteiger partial charge in [0.15, 0.2) is 5.82 Å². The number of imidazole rings is 1. The first-order chi connectivity index (χ1) is 17.2. The predicted octanol–water partition coefficient (Wildman–Crippen LogP) is 4.77. The lowest BCUT2D eigenvalue weighted by Gasteiger charge is -2.13. The van der Waals surface area contributed by atoms with Crippen molar-refractivity contribution in [2.24, 2.45) is 0 Å². The third-order valence-corrected chi connectivity index (χ3v) is 5.62. The summed E-state index contributed by atoms with van der Waals surface area (Å²) >= 11 is 0. The number of ether oxygens (including phenoxy) is 1. The maximum absolute atomic E-state index is 5.90. The second kappa shape index (κ2) is 10.3. The Morgan fingerprint density at radius 1 is 0.943 bits per heavy atom. The number of benzene rings is 2. The van der Waals surface area contributed by atoms with E-state index in [0.29, 0.717) is 12.4 Å². The molecule has 5 rings (SSSR count). The SMILES string of the molecule is CN(C)CCn1ccnc1-c1cc2c(Nc3ccc(OCc4ccccc4)cc3)ncnc2cn1. The lowest BCUT2D eigenvalue weighted by molar-refractivity contribution is 0.306. The van der Waals surface area contributed by atoms with Crippen LogP contribution in [0.25, 0.3) is 22.4 Å². The first kappa shape index (κ1) is 22.5. The number of rotatable bonds is 9. The lowest BCUT2D eigenvalue weighted by atomic mass is 10.2. The molecular weight excluding hydrogens is 438 g/mol. The highest BCUT2D eigenvalue weighted by molar-refractivity contribution is 5.92. The van der Waals surface area contributed by atoms with Crippen LogP contribution in [0.15, 0.2) is 85.6 Å². The van der Waals surface area contributed by atoms with Gasteiger partial charge in [0, 0.05) is 36.6 Å². The number of nitrogens with one attached hydrogen (secondary N) is 1. The molecule has 0 aliphatic heterocycles. The molecule has 0 bridgehead atoms. The van der Waals surface area contributed by atoms with Crippen LogP contribution < -0.4 is 10.1 Å². The molecule has 0 saturated heterocycles. The largest absolute Gasteiger partial charge is 0.489 e. The lowest BCUT2D eigenvalue weighted by Crippen LogP contribution is -2.18. The van der Waals surface area contributed by atoms with Gasteiger partial charge in [-0.25, -0.2) is 15.0 Å². The summed E-state index contributed by atoms with van der Waals surface area (Å²) in [5.41, 5.74) is 3.58. The number of nitrogens with zero attached hydrogens (tertiary/aromatic N) is 6. The number of fused-ring (bicyclic) bond motifs is 1. The highest BCUT2D eigenvalue weighted by Gasteiger charge is 2.12. The molecule has 8 heteroatoms. The van der Waals surface area contributed by atoms with E-state index in [2.05, 4.69) is 48.8 Å². The van der Waals surface area contributed by atoms with E-state index in [4.69, 9.17) is 4.74 Å². The zero-order chi connectivity index (χ0) is 24.0. The Balaban J connectivity index is 1.35. The molecule has 35 heavy (non-hydrogen) atoms. The molecule has 3 aromatic heterocycles. The van der Waals surface area contributed by atoms with Gasteiger partial charge in [-0.2, -0.15) is 0 Å². The summed E-state index contributed by atoms with van der Waals surface area (Å²) < 4.78 is 8.01. The fourth-order valence-corrected chi connectivity index (χ4v) is 3.72. The third kappa shape index (κ3) is 5.44. The van der Waals surface area contributed by atoms with Crippen LogP contribution in [0.1, 0.15) is 5.56 Å². The van der Waals surface area contributed by atoms with Crippen molar-refractivity contribution in [2.75, 3.05) is 26.0 Å². The van der Waals surface area contributed by atoms with Gasteiger partial charge < -0.3 is 19.5 Å². The van der Waals surface area contributed by atoms with Crippen molar-refractivity contribution in [3.8, 4) is 17.3 Å². The van der Waals surface area contributed by atoms with Gasteiger partial charge in [0.05, 0.1) is 11.7 Å². The highest BCUT2D eigenvalue weighted by atomic mass is 16.5. The number of aromatic nitrogens is 5. The number of anilines is 2. The molecule has 8 nitrogen and oxygen atoms in total. The first-order valence-electron chi connectivity index (χ1n) is 11.5. The van der Waals surface area contributed by atoms with Crippen molar-refractivity contribution in [1.82, 2.24) is 29.4 Å². The molecule has 0 spiro atoms. The summed E-state index contributed by atoms with van der Waals surface area (Å²) in [4.78, 5) is 20.2. The van der Waals surface area contributed by atoms with Gasteiger partial charge in [0.25, 0.3) is 0 Å². The van der Waals surface area contributed by atoms with E-state index in [-0.39, 0.29) is 0 Å². The molecule has 1 N–H and O–H groups in total. The fraction of sp³-hybridized carbons (Fsp3) is 0.185. The predicted molar refractivity (Wildman–Crippen MR) is 138 cm³/mol. The van der Waals surface area contributed by atoms with E-state index in [1.807, 2.05) is 66.9 Å². The van der Waals surface area contributed by atoms with Crippen LogP contribution in [0.2, 0.25) is 0 Å². The quantitative estimate of drug-likeness (QED) is 0.336. The van der Waals surface area contributed by atoms with Crippen LogP contribution in [-0.2, 0) is 13.2 Å². The van der Waals surface area contributed by atoms with Crippen LogP contribution in [0, 0.1) is 0 Å². The average molecular weight is 466 g/mol. The van der Waals surface area contributed by atoms with Crippen LogP contribution in [0.3, 0.4) is 0 Å². The molecule has 2 aromatic carbocycles. The van der Waals surface area contributed by atoms with E-state index in [9.17, 15) is 0 Å². The van der Waals surface area contributed by atoms with Crippen LogP contribution in [0.5, 0.6) is 5.75 Å². The second-order valence-corrected chi connectivity index (χ2v) is 8.48. The van der Waals surface area contributed by atoms with E-state index in [0.717, 1.165) is 52.5 Å². The Morgan fingerprint density at radius 3 is 2.57 bits per heavy atom. The summed E-state index contributed by atoms with van der Waals surface area (Å²) in [5, 5.41) is 4.29. The van der Waals surface area contributed by atoms with E-state index in [1.54, 1.807) is 18.7 Å². The van der Waals surface area contributed by atoms with Crippen molar-refractivity contribution >= 4 is 22.4 Å². The minimum atomic E-state index is 0.532. The van der Waals surface area contributed by atoms with E-state index in [1.165, 1.54) is 0 Å². The average Bonchev–Trinajstić information content (AvgIpc) is 3.36. The molecule has 0 radical (unpaired) electrons. The van der Waals surface area contributed by atoms with Gasteiger partial charge in [-0.3, -0.25) is 4.98 Å². The number of pyridine rings is 1. The van der Waals surface area contributed by atoms with Gasteiger partial charge >= 0.3 is 0 Å². The van der Waals surface area contributed by atoms with Crippen LogP contribution in [-0.4, -0.2) is 50.0 Å². The van der Waals surface area contributed by atoms with Crippen LogP contribution >= 0.6 is 0 Å². The summed E-state index contributed by atoms with van der Waals surface area (Å²) in [5.74, 6) is 2.34. The minimum Gasteiger partial charge on any atom is -0.489 e. The van der Waals surface area contributed by atoms with Gasteiger partial charge in [0.2, 0.25) is 0 Å². The van der Waals surface area contributed by atoms with Crippen molar-refractivity contribution in [3.05, 3.63) is 91.1 Å². The molecule has 3 heterocycles. The maximum atomic E-state index is 5.90. The topological polar surface area (TPSA) is 81.0 Å². The molecule has 0 unspecified atom stereocenters. The molecule has 5 aromatic rings. The summed E-state index contributed by atoms with van der Waals surface area (Å²) in [6, 6.07) is 20.0. The minimum absolute atomic E-state index is 0.532. The van der Waals surface area contributed by atoms with E-state index >= 15 is 0 Å². The number of hydrogen-bond donors (Lipinski definition) is 1. The zero-order valence-electron chi connectivity index (χ0n) is 19.8. The molecule has 0 amide bonds. The number of hydrogen-bond acceptors (Lipinski definition) is 7. The van der Waals surface area contributed by atoms with Crippen molar-refractivity contribution in [1.29, 1.82) is 0 Å². The maximum Gasteiger partial charge on any atom is 0.158 e. The Bertz CT molecular complexity index is 1400. The van der Waals surface area contributed by atoms with Gasteiger partial charge in [-0.05, 0) is 50.0 Å². The van der Waals surface area contributed by atoms with Crippen molar-refractivity contribution in [2.45, 2.75) is 13.2 Å². The molecule has 0 atom stereocenters. The Hall–Kier alpha value is -4.30. The molecule has 0 fully saturated rings. The molecular formula is C27H27N7O. The molecule has 0 aliphatic rings. The summed E-state index contributed by atoms with van der Waals surface area (Å²) in [6.45, 7) is 2.28. The summed E-state index contributed by atoms with van der Waals surface area (Å²) in [7, 11) is 4.12. The second-order valence-electron chi connectivity index (χ2n) is 8.48. The van der Waals surface area contributed by atoms with Crippen molar-refractivity contribution < 1.29 is 4.74 Å². The first-order valence-corrected chi connectivity index (χ1v) is 11.5. The van der Waals surface area contributed by atoms with E-state index < -0.39 is 0 Å². The summed E-state index contributed by atoms with van der Waals surface area (Å²) in [6.07, 6.45) is 7.09. The standard InChI is InChI=1S/C27H27N7O/c1-33(2)14-15-34-13-12-28-27(34)24-16-23-25(17-29-24)30-19-31-26(23)32-21-8-10-22(11-9-21)35-18-20-6-4-3-5-7-20/h3-13,16-17,19H,14-15,18H2,1-2H3,(H,30,31,32). The number of likely N-dealkylation sites (N-methyl/N-ethyl adjacent to an activating group) is 1. The normalized spacial score (nSPS) is 11.2. The third-order valence-electron chi connectivity index (χ3n) is 5.62. The monoisotopic (exact) mass is 465 g/mol. The van der Waals surface area contributed by atoms with Gasteiger partial charge in [-0.1, -0.05) is 30.3 Å². The Labute approximate surface area is 204 Å². The van der Waals surface area contributed by atoms with Gasteiger partial charge in [-0.15, -0.1) is 0 Å². The Morgan fingerprint density at radius 2 is 1.77 bits per heavy atom. The zero-order valence-corrected chi connectivity index (χ0v) is 19.8. The van der Waals surface area contributed by atoms with Crippen LogP contribution in [0.4, 0.5) is 11.5 Å².